The van der Waals surface area contributed by atoms with Crippen LogP contribution < -0.4 is 25.6 Å². The SMILES string of the molecule is CC(C)c1cc(F)ccc1NC(=S)NC(=O)NCCC1CCN(c2ncn(-c3ccc(OC(F)(F)F)cc3)n2)CC1. The highest BCUT2D eigenvalue weighted by atomic mass is 32.1. The van der Waals surface area contributed by atoms with Gasteiger partial charge in [-0.1, -0.05) is 13.8 Å². The first-order valence-corrected chi connectivity index (χ1v) is 13.6. The second-order valence-corrected chi connectivity index (χ2v) is 10.4. The molecule has 1 fully saturated rings. The number of halogens is 4. The van der Waals surface area contributed by atoms with Crippen LogP contribution in [0.3, 0.4) is 0 Å². The number of piperidine rings is 1. The molecule has 220 valence electrons. The number of rotatable bonds is 8. The third-order valence-electron chi connectivity index (χ3n) is 6.66. The zero-order chi connectivity index (χ0) is 29.6. The van der Waals surface area contributed by atoms with Crippen LogP contribution in [-0.2, 0) is 0 Å². The van der Waals surface area contributed by atoms with E-state index in [9.17, 15) is 22.4 Å². The minimum Gasteiger partial charge on any atom is -0.406 e. The minimum absolute atomic E-state index is 0.0743. The third-order valence-corrected chi connectivity index (χ3v) is 6.87. The van der Waals surface area contributed by atoms with E-state index in [1.807, 2.05) is 13.8 Å². The number of hydrogen-bond acceptors (Lipinski definition) is 6. The van der Waals surface area contributed by atoms with Crippen LogP contribution in [0.1, 0.15) is 44.6 Å². The number of aromatic nitrogens is 3. The minimum atomic E-state index is -4.74. The van der Waals surface area contributed by atoms with Crippen molar-refractivity contribution in [2.24, 2.45) is 5.92 Å². The number of ether oxygens (including phenoxy) is 1. The molecule has 14 heteroatoms. The standard InChI is InChI=1S/C27H31F4N7O2S/c1-17(2)22-15-19(28)3-8-23(22)34-26(41)35-25(39)32-12-9-18-10-13-37(14-11-18)24-33-16-38(36-24)20-4-6-21(7-5-20)40-27(29,30)31/h3-8,15-18H,9-14H2,1-2H3,(H3,32,34,35,39,41). The second kappa shape index (κ2) is 13.1. The molecule has 0 spiro atoms. The summed E-state index contributed by atoms with van der Waals surface area (Å²) < 4.78 is 56.1. The van der Waals surface area contributed by atoms with Crippen molar-refractivity contribution in [2.45, 2.75) is 45.4 Å². The number of amides is 2. The zero-order valence-electron chi connectivity index (χ0n) is 22.5. The molecule has 0 atom stereocenters. The molecular formula is C27H31F4N7O2S. The number of urea groups is 1. The summed E-state index contributed by atoms with van der Waals surface area (Å²) in [5, 5.41) is 13.0. The lowest BCUT2D eigenvalue weighted by atomic mass is 9.94. The Labute approximate surface area is 240 Å². The Morgan fingerprint density at radius 1 is 1.15 bits per heavy atom. The molecule has 1 aliphatic rings. The van der Waals surface area contributed by atoms with E-state index >= 15 is 0 Å². The first-order valence-electron chi connectivity index (χ1n) is 13.1. The van der Waals surface area contributed by atoms with Gasteiger partial charge in [0.05, 0.1) is 5.69 Å². The van der Waals surface area contributed by atoms with Crippen LogP contribution in [0.2, 0.25) is 0 Å². The van der Waals surface area contributed by atoms with Gasteiger partial charge in [0, 0.05) is 25.3 Å². The van der Waals surface area contributed by atoms with E-state index in [0.717, 1.165) is 37.9 Å². The van der Waals surface area contributed by atoms with Crippen molar-refractivity contribution in [3.63, 3.8) is 0 Å². The van der Waals surface area contributed by atoms with Crippen molar-refractivity contribution < 1.29 is 27.1 Å². The monoisotopic (exact) mass is 593 g/mol. The molecule has 3 aromatic rings. The topological polar surface area (TPSA) is 96.3 Å². The van der Waals surface area contributed by atoms with Crippen molar-refractivity contribution in [1.29, 1.82) is 0 Å². The maximum absolute atomic E-state index is 13.6. The Morgan fingerprint density at radius 3 is 2.51 bits per heavy atom. The van der Waals surface area contributed by atoms with Gasteiger partial charge < -0.3 is 20.3 Å². The number of nitrogens with one attached hydrogen (secondary N) is 3. The molecule has 1 aliphatic heterocycles. The van der Waals surface area contributed by atoms with Gasteiger partial charge in [0.2, 0.25) is 5.95 Å². The van der Waals surface area contributed by atoms with Crippen LogP contribution in [0, 0.1) is 11.7 Å². The summed E-state index contributed by atoms with van der Waals surface area (Å²) >= 11 is 5.24. The van der Waals surface area contributed by atoms with Gasteiger partial charge in [-0.25, -0.2) is 13.9 Å². The lowest BCUT2D eigenvalue weighted by Gasteiger charge is -2.31. The summed E-state index contributed by atoms with van der Waals surface area (Å²) in [7, 11) is 0. The molecule has 0 radical (unpaired) electrons. The molecule has 2 heterocycles. The maximum Gasteiger partial charge on any atom is 0.573 e. The molecule has 0 aliphatic carbocycles. The lowest BCUT2D eigenvalue weighted by molar-refractivity contribution is -0.274. The van der Waals surface area contributed by atoms with Crippen LogP contribution in [0.25, 0.3) is 5.69 Å². The Morgan fingerprint density at radius 2 is 1.85 bits per heavy atom. The van der Waals surface area contributed by atoms with Crippen molar-refractivity contribution in [2.75, 3.05) is 29.9 Å². The Kier molecular flexibility index (Phi) is 9.63. The maximum atomic E-state index is 13.6. The van der Waals surface area contributed by atoms with E-state index in [-0.39, 0.29) is 22.6 Å². The highest BCUT2D eigenvalue weighted by Crippen LogP contribution is 2.26. The molecule has 41 heavy (non-hydrogen) atoms. The summed E-state index contributed by atoms with van der Waals surface area (Å²) in [6.45, 7) is 5.85. The normalized spacial score (nSPS) is 14.2. The van der Waals surface area contributed by atoms with Crippen LogP contribution in [0.5, 0.6) is 5.75 Å². The van der Waals surface area contributed by atoms with Crippen LogP contribution in [0.15, 0.2) is 48.8 Å². The number of carbonyl (C=O) groups excluding carboxylic acids is 1. The molecule has 2 amide bonds. The van der Waals surface area contributed by atoms with Crippen LogP contribution in [-0.4, -0.2) is 51.9 Å². The Hall–Kier alpha value is -3.94. The average molecular weight is 594 g/mol. The summed E-state index contributed by atoms with van der Waals surface area (Å²) in [6.07, 6.45) is -0.646. The number of thiocarbonyl (C=S) groups is 1. The molecule has 1 saturated heterocycles. The first kappa shape index (κ1) is 30.0. The quantitative estimate of drug-likeness (QED) is 0.227. The number of hydrogen-bond donors (Lipinski definition) is 3. The predicted octanol–water partition coefficient (Wildman–Crippen LogP) is 5.73. The van der Waals surface area contributed by atoms with Crippen LogP contribution >= 0.6 is 12.2 Å². The molecule has 2 aromatic carbocycles. The van der Waals surface area contributed by atoms with E-state index in [0.29, 0.717) is 29.8 Å². The molecule has 3 N–H and O–H groups in total. The predicted molar refractivity (Wildman–Crippen MR) is 151 cm³/mol. The van der Waals surface area contributed by atoms with E-state index in [2.05, 4.69) is 35.7 Å². The third kappa shape index (κ3) is 8.77. The van der Waals surface area contributed by atoms with Crippen molar-refractivity contribution in [3.05, 3.63) is 60.2 Å². The smallest absolute Gasteiger partial charge is 0.406 e. The fraction of sp³-hybridized carbons (Fsp3) is 0.407. The molecule has 0 saturated carbocycles. The largest absolute Gasteiger partial charge is 0.573 e. The van der Waals surface area contributed by atoms with Gasteiger partial charge in [-0.2, -0.15) is 4.98 Å². The molecule has 9 nitrogen and oxygen atoms in total. The average Bonchev–Trinajstić information content (AvgIpc) is 3.40. The summed E-state index contributed by atoms with van der Waals surface area (Å²) in [4.78, 5) is 18.7. The Balaban J connectivity index is 1.17. The van der Waals surface area contributed by atoms with Gasteiger partial charge >= 0.3 is 12.4 Å². The number of anilines is 2. The second-order valence-electron chi connectivity index (χ2n) is 9.97. The molecule has 4 rings (SSSR count). The number of alkyl halides is 3. The van der Waals surface area contributed by atoms with Crippen molar-refractivity contribution >= 4 is 35.0 Å². The number of benzene rings is 2. The zero-order valence-corrected chi connectivity index (χ0v) is 23.4. The molecule has 0 bridgehead atoms. The van der Waals surface area contributed by atoms with Crippen molar-refractivity contribution in [3.8, 4) is 11.4 Å². The van der Waals surface area contributed by atoms with Gasteiger partial charge in [-0.05, 0) is 91.3 Å². The molecule has 0 unspecified atom stereocenters. The van der Waals surface area contributed by atoms with E-state index in [4.69, 9.17) is 12.2 Å². The first-order chi connectivity index (χ1) is 19.5. The fourth-order valence-electron chi connectivity index (χ4n) is 4.56. The fourth-order valence-corrected chi connectivity index (χ4v) is 4.76. The van der Waals surface area contributed by atoms with E-state index in [1.165, 1.54) is 47.4 Å². The summed E-state index contributed by atoms with van der Waals surface area (Å²) in [6, 6.07) is 9.36. The summed E-state index contributed by atoms with van der Waals surface area (Å²) in [5.74, 6) is 0.386. The van der Waals surface area contributed by atoms with Gasteiger partial charge in [-0.15, -0.1) is 18.3 Å². The Bertz CT molecular complexity index is 1340. The van der Waals surface area contributed by atoms with Gasteiger partial charge in [0.1, 0.15) is 17.9 Å². The molecule has 1 aromatic heterocycles. The number of nitrogens with zero attached hydrogens (tertiary/aromatic N) is 4. The van der Waals surface area contributed by atoms with E-state index < -0.39 is 12.4 Å². The summed E-state index contributed by atoms with van der Waals surface area (Å²) in [5.41, 5.74) is 1.97. The molecular weight excluding hydrogens is 562 g/mol. The highest BCUT2D eigenvalue weighted by molar-refractivity contribution is 7.80. The van der Waals surface area contributed by atoms with Gasteiger partial charge in [-0.3, -0.25) is 5.32 Å². The van der Waals surface area contributed by atoms with E-state index in [1.54, 1.807) is 6.07 Å². The van der Waals surface area contributed by atoms with Crippen molar-refractivity contribution in [1.82, 2.24) is 25.4 Å². The lowest BCUT2D eigenvalue weighted by Crippen LogP contribution is -2.42. The van der Waals surface area contributed by atoms with Gasteiger partial charge in [0.15, 0.2) is 5.11 Å². The number of carbonyl (C=O) groups is 1. The van der Waals surface area contributed by atoms with Gasteiger partial charge in [0.25, 0.3) is 0 Å². The van der Waals surface area contributed by atoms with Crippen LogP contribution in [0.4, 0.5) is 34.0 Å². The highest BCUT2D eigenvalue weighted by Gasteiger charge is 2.31.